The monoisotopic (exact) mass is 284 g/mol. The standard InChI is InChI=1S/C11H6Cl2N2O3/c12-7-2-1-6(3-8(7)13)18-10-5-14-4-9(15-10)11(16)17/h1-5H,(H,16,17). The van der Waals surface area contributed by atoms with Gasteiger partial charge in [-0.15, -0.1) is 0 Å². The number of nitrogens with zero attached hydrogens (tertiary/aromatic N) is 2. The Kier molecular flexibility index (Phi) is 3.64. The van der Waals surface area contributed by atoms with Gasteiger partial charge in [-0.05, 0) is 12.1 Å². The molecular formula is C11H6Cl2N2O3. The van der Waals surface area contributed by atoms with Crippen LogP contribution in [0.2, 0.25) is 10.0 Å². The van der Waals surface area contributed by atoms with Crippen LogP contribution in [0.1, 0.15) is 10.5 Å². The van der Waals surface area contributed by atoms with Crippen molar-refractivity contribution in [2.75, 3.05) is 0 Å². The highest BCUT2D eigenvalue weighted by molar-refractivity contribution is 6.42. The van der Waals surface area contributed by atoms with Crippen molar-refractivity contribution in [3.8, 4) is 11.6 Å². The highest BCUT2D eigenvalue weighted by Crippen LogP contribution is 2.28. The first kappa shape index (κ1) is 12.6. The van der Waals surface area contributed by atoms with Crippen molar-refractivity contribution in [1.82, 2.24) is 9.97 Å². The van der Waals surface area contributed by atoms with Crippen LogP contribution in [-0.2, 0) is 0 Å². The third-order valence-corrected chi connectivity index (χ3v) is 2.68. The molecule has 1 aromatic carbocycles. The second kappa shape index (κ2) is 5.20. The van der Waals surface area contributed by atoms with Gasteiger partial charge in [0.15, 0.2) is 5.69 Å². The normalized spacial score (nSPS) is 10.1. The summed E-state index contributed by atoms with van der Waals surface area (Å²) in [5.41, 5.74) is -0.201. The van der Waals surface area contributed by atoms with Crippen molar-refractivity contribution >= 4 is 29.2 Å². The zero-order valence-corrected chi connectivity index (χ0v) is 10.3. The Morgan fingerprint density at radius 3 is 2.67 bits per heavy atom. The molecule has 5 nitrogen and oxygen atoms in total. The lowest BCUT2D eigenvalue weighted by Crippen LogP contribution is -2.02. The van der Waals surface area contributed by atoms with Crippen LogP contribution in [0.25, 0.3) is 0 Å². The molecule has 0 unspecified atom stereocenters. The van der Waals surface area contributed by atoms with Crippen molar-refractivity contribution in [2.24, 2.45) is 0 Å². The Hall–Kier alpha value is -1.85. The summed E-state index contributed by atoms with van der Waals surface area (Å²) in [6.07, 6.45) is 2.43. The average molecular weight is 285 g/mol. The molecule has 0 saturated heterocycles. The van der Waals surface area contributed by atoms with Gasteiger partial charge in [0, 0.05) is 6.07 Å². The summed E-state index contributed by atoms with van der Waals surface area (Å²) in [6.45, 7) is 0. The van der Waals surface area contributed by atoms with Gasteiger partial charge in [-0.25, -0.2) is 9.78 Å². The molecule has 0 aliphatic heterocycles. The number of aromatic carboxylic acids is 1. The summed E-state index contributed by atoms with van der Waals surface area (Å²) in [6, 6.07) is 4.65. The second-order valence-electron chi connectivity index (χ2n) is 3.23. The Morgan fingerprint density at radius 1 is 1.22 bits per heavy atom. The number of benzene rings is 1. The van der Waals surface area contributed by atoms with Gasteiger partial charge in [0.2, 0.25) is 5.88 Å². The summed E-state index contributed by atoms with van der Waals surface area (Å²) in [7, 11) is 0. The number of hydrogen-bond acceptors (Lipinski definition) is 4. The number of hydrogen-bond donors (Lipinski definition) is 1. The number of carboxylic acid groups (broad SMARTS) is 1. The van der Waals surface area contributed by atoms with Gasteiger partial charge < -0.3 is 9.84 Å². The molecular weight excluding hydrogens is 279 g/mol. The minimum Gasteiger partial charge on any atom is -0.476 e. The fraction of sp³-hybridized carbons (Fsp3) is 0. The van der Waals surface area contributed by atoms with Gasteiger partial charge in [0.1, 0.15) is 5.75 Å². The first-order valence-electron chi connectivity index (χ1n) is 4.74. The molecule has 0 radical (unpaired) electrons. The molecule has 0 atom stereocenters. The molecule has 1 N–H and O–H groups in total. The molecule has 0 fully saturated rings. The Labute approximate surface area is 112 Å². The van der Waals surface area contributed by atoms with E-state index in [0.717, 1.165) is 6.20 Å². The molecule has 0 aliphatic rings. The number of aromatic nitrogens is 2. The predicted octanol–water partition coefficient (Wildman–Crippen LogP) is 3.27. The van der Waals surface area contributed by atoms with Crippen molar-refractivity contribution in [2.45, 2.75) is 0 Å². The van der Waals surface area contributed by atoms with E-state index < -0.39 is 5.97 Å². The maximum atomic E-state index is 10.7. The molecule has 1 aromatic heterocycles. The maximum absolute atomic E-state index is 10.7. The Bertz CT molecular complexity index is 605. The predicted molar refractivity (Wildman–Crippen MR) is 65.5 cm³/mol. The minimum atomic E-state index is -1.18. The van der Waals surface area contributed by atoms with Crippen LogP contribution in [-0.4, -0.2) is 21.0 Å². The van der Waals surface area contributed by atoms with Crippen LogP contribution >= 0.6 is 23.2 Å². The molecule has 2 rings (SSSR count). The van der Waals surface area contributed by atoms with Crippen molar-refractivity contribution in [1.29, 1.82) is 0 Å². The molecule has 1 heterocycles. The van der Waals surface area contributed by atoms with E-state index in [9.17, 15) is 4.79 Å². The van der Waals surface area contributed by atoms with Crippen LogP contribution < -0.4 is 4.74 Å². The van der Waals surface area contributed by atoms with Crippen LogP contribution in [0, 0.1) is 0 Å². The maximum Gasteiger partial charge on any atom is 0.356 e. The van der Waals surface area contributed by atoms with Crippen LogP contribution in [0.3, 0.4) is 0 Å². The Balaban J connectivity index is 2.25. The number of halogens is 2. The summed E-state index contributed by atoms with van der Waals surface area (Å²) in [4.78, 5) is 18.2. The van der Waals surface area contributed by atoms with E-state index in [0.29, 0.717) is 15.8 Å². The van der Waals surface area contributed by atoms with Gasteiger partial charge >= 0.3 is 5.97 Å². The first-order valence-corrected chi connectivity index (χ1v) is 5.50. The van der Waals surface area contributed by atoms with Crippen molar-refractivity contribution in [3.05, 3.63) is 46.3 Å². The largest absolute Gasteiger partial charge is 0.476 e. The third kappa shape index (κ3) is 2.88. The Morgan fingerprint density at radius 2 is 2.00 bits per heavy atom. The molecule has 0 saturated carbocycles. The van der Waals surface area contributed by atoms with Crippen molar-refractivity contribution in [3.63, 3.8) is 0 Å². The van der Waals surface area contributed by atoms with Gasteiger partial charge in [-0.3, -0.25) is 4.98 Å². The lowest BCUT2D eigenvalue weighted by atomic mass is 10.3. The summed E-state index contributed by atoms with van der Waals surface area (Å²) in [5, 5.41) is 9.49. The van der Waals surface area contributed by atoms with Crippen LogP contribution in [0.4, 0.5) is 0 Å². The SMILES string of the molecule is O=C(O)c1cncc(Oc2ccc(Cl)c(Cl)c2)n1. The highest BCUT2D eigenvalue weighted by Gasteiger charge is 2.08. The van der Waals surface area contributed by atoms with Crippen LogP contribution in [0.15, 0.2) is 30.6 Å². The van der Waals surface area contributed by atoms with E-state index in [1.165, 1.54) is 12.3 Å². The molecule has 0 amide bonds. The lowest BCUT2D eigenvalue weighted by Gasteiger charge is -2.05. The molecule has 0 bridgehead atoms. The summed E-state index contributed by atoms with van der Waals surface area (Å²) >= 11 is 11.6. The van der Waals surface area contributed by atoms with E-state index >= 15 is 0 Å². The van der Waals surface area contributed by atoms with Gasteiger partial charge in [0.25, 0.3) is 0 Å². The fourth-order valence-electron chi connectivity index (χ4n) is 1.16. The molecule has 7 heteroatoms. The summed E-state index contributed by atoms with van der Waals surface area (Å²) < 4.78 is 5.32. The van der Waals surface area contributed by atoms with E-state index in [1.54, 1.807) is 12.1 Å². The van der Waals surface area contributed by atoms with E-state index in [4.69, 9.17) is 33.0 Å². The number of rotatable bonds is 3. The first-order chi connectivity index (χ1) is 8.56. The topological polar surface area (TPSA) is 72.3 Å². The van der Waals surface area contributed by atoms with Crippen LogP contribution in [0.5, 0.6) is 11.6 Å². The lowest BCUT2D eigenvalue weighted by molar-refractivity contribution is 0.0689. The minimum absolute atomic E-state index is 0.0632. The second-order valence-corrected chi connectivity index (χ2v) is 4.04. The van der Waals surface area contributed by atoms with Gasteiger partial charge in [-0.2, -0.15) is 0 Å². The van der Waals surface area contributed by atoms with Gasteiger partial charge in [0.05, 0.1) is 22.4 Å². The average Bonchev–Trinajstić information content (AvgIpc) is 2.34. The van der Waals surface area contributed by atoms with Gasteiger partial charge in [-0.1, -0.05) is 23.2 Å². The fourth-order valence-corrected chi connectivity index (χ4v) is 1.45. The molecule has 18 heavy (non-hydrogen) atoms. The molecule has 0 spiro atoms. The zero-order chi connectivity index (χ0) is 13.1. The molecule has 0 aliphatic carbocycles. The smallest absolute Gasteiger partial charge is 0.356 e. The quantitative estimate of drug-likeness (QED) is 0.936. The molecule has 92 valence electrons. The van der Waals surface area contributed by atoms with Crippen molar-refractivity contribution < 1.29 is 14.6 Å². The number of ether oxygens (including phenoxy) is 1. The number of carbonyl (C=O) groups is 1. The van der Waals surface area contributed by atoms with E-state index in [2.05, 4.69) is 9.97 Å². The van der Waals surface area contributed by atoms with E-state index in [-0.39, 0.29) is 11.6 Å². The highest BCUT2D eigenvalue weighted by atomic mass is 35.5. The number of carboxylic acids is 1. The summed E-state index contributed by atoms with van der Waals surface area (Å²) in [5.74, 6) is -0.725. The van der Waals surface area contributed by atoms with E-state index in [1.807, 2.05) is 0 Å². The zero-order valence-electron chi connectivity index (χ0n) is 8.80. The third-order valence-electron chi connectivity index (χ3n) is 1.95. The molecule has 2 aromatic rings.